The van der Waals surface area contributed by atoms with Crippen LogP contribution >= 0.6 is 12.6 Å². The van der Waals surface area contributed by atoms with Gasteiger partial charge in [0.1, 0.15) is 12.4 Å². The molecule has 0 spiro atoms. The summed E-state index contributed by atoms with van der Waals surface area (Å²) < 4.78 is 5.11. The minimum absolute atomic E-state index is 0.170. The van der Waals surface area contributed by atoms with Crippen molar-refractivity contribution in [2.75, 3.05) is 5.32 Å². The van der Waals surface area contributed by atoms with Crippen molar-refractivity contribution in [2.24, 2.45) is 0 Å². The van der Waals surface area contributed by atoms with Crippen molar-refractivity contribution in [3.8, 4) is 0 Å². The SMILES string of the molecule is O=C(Nc1ccc(S)cc1)c1ccc(CO)o1. The molecule has 0 saturated heterocycles. The molecule has 88 valence electrons. The molecule has 0 aliphatic heterocycles. The molecule has 1 amide bonds. The lowest BCUT2D eigenvalue weighted by Crippen LogP contribution is -2.10. The van der Waals surface area contributed by atoms with Gasteiger partial charge in [-0.3, -0.25) is 4.79 Å². The normalized spacial score (nSPS) is 10.2. The molecule has 2 N–H and O–H groups in total. The van der Waals surface area contributed by atoms with Crippen molar-refractivity contribution in [1.82, 2.24) is 0 Å². The van der Waals surface area contributed by atoms with Gasteiger partial charge in [-0.05, 0) is 36.4 Å². The van der Waals surface area contributed by atoms with Gasteiger partial charge in [-0.1, -0.05) is 0 Å². The van der Waals surface area contributed by atoms with Crippen molar-refractivity contribution >= 4 is 24.2 Å². The molecule has 0 unspecified atom stereocenters. The fourth-order valence-corrected chi connectivity index (χ4v) is 1.47. The highest BCUT2D eigenvalue weighted by atomic mass is 32.1. The van der Waals surface area contributed by atoms with Gasteiger partial charge in [0.2, 0.25) is 0 Å². The van der Waals surface area contributed by atoms with Crippen LogP contribution < -0.4 is 5.32 Å². The van der Waals surface area contributed by atoms with E-state index >= 15 is 0 Å². The van der Waals surface area contributed by atoms with Gasteiger partial charge in [-0.25, -0.2) is 0 Å². The Morgan fingerprint density at radius 1 is 1.24 bits per heavy atom. The average molecular weight is 249 g/mol. The molecule has 1 aromatic carbocycles. The number of hydrogen-bond acceptors (Lipinski definition) is 4. The molecular weight excluding hydrogens is 238 g/mol. The maximum absolute atomic E-state index is 11.7. The molecule has 5 heteroatoms. The van der Waals surface area contributed by atoms with E-state index in [2.05, 4.69) is 17.9 Å². The zero-order chi connectivity index (χ0) is 12.3. The molecule has 0 saturated carbocycles. The summed E-state index contributed by atoms with van der Waals surface area (Å²) in [6, 6.07) is 10.1. The number of furan rings is 1. The number of amides is 1. The second kappa shape index (κ2) is 5.07. The summed E-state index contributed by atoms with van der Waals surface area (Å²) in [7, 11) is 0. The van der Waals surface area contributed by atoms with Gasteiger partial charge in [-0.15, -0.1) is 12.6 Å². The third kappa shape index (κ3) is 2.89. The van der Waals surface area contributed by atoms with E-state index in [1.54, 1.807) is 30.3 Å². The largest absolute Gasteiger partial charge is 0.453 e. The van der Waals surface area contributed by atoms with Crippen LogP contribution in [0.2, 0.25) is 0 Å². The lowest BCUT2D eigenvalue weighted by atomic mass is 10.3. The molecule has 4 nitrogen and oxygen atoms in total. The van der Waals surface area contributed by atoms with E-state index in [1.807, 2.05) is 0 Å². The van der Waals surface area contributed by atoms with Crippen LogP contribution in [0.1, 0.15) is 16.3 Å². The quantitative estimate of drug-likeness (QED) is 0.731. The van der Waals surface area contributed by atoms with E-state index < -0.39 is 0 Å². The Morgan fingerprint density at radius 2 is 1.94 bits per heavy atom. The maximum atomic E-state index is 11.7. The zero-order valence-electron chi connectivity index (χ0n) is 8.88. The van der Waals surface area contributed by atoms with Crippen molar-refractivity contribution in [2.45, 2.75) is 11.5 Å². The molecule has 0 atom stereocenters. The van der Waals surface area contributed by atoms with E-state index in [0.29, 0.717) is 11.4 Å². The standard InChI is InChI=1S/C12H11NO3S/c14-7-9-3-6-11(16-9)12(15)13-8-1-4-10(17)5-2-8/h1-6,14,17H,7H2,(H,13,15). The smallest absolute Gasteiger partial charge is 0.291 e. The Kier molecular flexibility index (Phi) is 3.51. The first-order valence-electron chi connectivity index (χ1n) is 4.99. The number of thiol groups is 1. The molecule has 2 aromatic rings. The minimum Gasteiger partial charge on any atom is -0.453 e. The van der Waals surface area contributed by atoms with Crippen LogP contribution in [-0.2, 0) is 6.61 Å². The summed E-state index contributed by atoms with van der Waals surface area (Å²) in [6.45, 7) is -0.221. The van der Waals surface area contributed by atoms with E-state index in [1.165, 1.54) is 6.07 Å². The number of aliphatic hydroxyl groups is 1. The first-order valence-corrected chi connectivity index (χ1v) is 5.44. The maximum Gasteiger partial charge on any atom is 0.291 e. The average Bonchev–Trinajstić information content (AvgIpc) is 2.81. The third-order valence-corrected chi connectivity index (χ3v) is 2.46. The molecule has 0 fully saturated rings. The predicted molar refractivity (Wildman–Crippen MR) is 66.3 cm³/mol. The Morgan fingerprint density at radius 3 is 2.53 bits per heavy atom. The Hall–Kier alpha value is -1.72. The van der Waals surface area contributed by atoms with Gasteiger partial charge in [0, 0.05) is 10.6 Å². The molecule has 0 aliphatic carbocycles. The van der Waals surface area contributed by atoms with Gasteiger partial charge in [0.05, 0.1) is 0 Å². The first kappa shape index (κ1) is 11.8. The van der Waals surface area contributed by atoms with Crippen LogP contribution in [0.5, 0.6) is 0 Å². The molecule has 0 radical (unpaired) electrons. The van der Waals surface area contributed by atoms with Gasteiger partial charge in [0.15, 0.2) is 5.76 Å². The summed E-state index contributed by atoms with van der Waals surface area (Å²) in [5.41, 5.74) is 0.662. The monoisotopic (exact) mass is 249 g/mol. The van der Waals surface area contributed by atoms with E-state index in [0.717, 1.165) is 4.90 Å². The van der Waals surface area contributed by atoms with Crippen molar-refractivity contribution < 1.29 is 14.3 Å². The highest BCUT2D eigenvalue weighted by molar-refractivity contribution is 7.80. The van der Waals surface area contributed by atoms with Gasteiger partial charge < -0.3 is 14.8 Å². The number of benzene rings is 1. The molecule has 17 heavy (non-hydrogen) atoms. The van der Waals surface area contributed by atoms with Gasteiger partial charge in [-0.2, -0.15) is 0 Å². The molecule has 1 aromatic heterocycles. The predicted octanol–water partition coefficient (Wildman–Crippen LogP) is 2.31. The highest BCUT2D eigenvalue weighted by Crippen LogP contribution is 2.14. The molecule has 1 heterocycles. The number of hydrogen-bond donors (Lipinski definition) is 3. The fraction of sp³-hybridized carbons (Fsp3) is 0.0833. The van der Waals surface area contributed by atoms with Crippen LogP contribution in [0.15, 0.2) is 45.7 Å². The van der Waals surface area contributed by atoms with E-state index in [-0.39, 0.29) is 18.3 Å². The number of aliphatic hydroxyl groups excluding tert-OH is 1. The van der Waals surface area contributed by atoms with Crippen LogP contribution in [0.25, 0.3) is 0 Å². The summed E-state index contributed by atoms with van der Waals surface area (Å²) in [5.74, 6) is 0.182. The van der Waals surface area contributed by atoms with Crippen LogP contribution in [0.4, 0.5) is 5.69 Å². The number of nitrogens with one attached hydrogen (secondary N) is 1. The van der Waals surface area contributed by atoms with Gasteiger partial charge in [0.25, 0.3) is 5.91 Å². The van der Waals surface area contributed by atoms with Crippen molar-refractivity contribution in [3.63, 3.8) is 0 Å². The summed E-state index contributed by atoms with van der Waals surface area (Å²) >= 11 is 4.15. The van der Waals surface area contributed by atoms with Crippen LogP contribution in [0, 0.1) is 0 Å². The number of rotatable bonds is 3. The van der Waals surface area contributed by atoms with Crippen LogP contribution in [0.3, 0.4) is 0 Å². The fourth-order valence-electron chi connectivity index (χ4n) is 1.32. The Balaban J connectivity index is 2.08. The first-order chi connectivity index (χ1) is 8.19. The lowest BCUT2D eigenvalue weighted by Gasteiger charge is -2.02. The van der Waals surface area contributed by atoms with Gasteiger partial charge >= 0.3 is 0 Å². The zero-order valence-corrected chi connectivity index (χ0v) is 9.78. The third-order valence-electron chi connectivity index (χ3n) is 2.17. The molecule has 0 bridgehead atoms. The number of carbonyl (C=O) groups excluding carboxylic acids is 1. The Bertz CT molecular complexity index is 519. The highest BCUT2D eigenvalue weighted by Gasteiger charge is 2.10. The number of anilines is 1. The topological polar surface area (TPSA) is 62.5 Å². The van der Waals surface area contributed by atoms with Crippen LogP contribution in [-0.4, -0.2) is 11.0 Å². The van der Waals surface area contributed by atoms with Crippen molar-refractivity contribution in [1.29, 1.82) is 0 Å². The summed E-state index contributed by atoms with van der Waals surface area (Å²) in [4.78, 5) is 12.5. The summed E-state index contributed by atoms with van der Waals surface area (Å²) in [6.07, 6.45) is 0. The number of carbonyl (C=O) groups is 1. The lowest BCUT2D eigenvalue weighted by molar-refractivity contribution is 0.0992. The molecule has 2 rings (SSSR count). The van der Waals surface area contributed by atoms with E-state index in [4.69, 9.17) is 9.52 Å². The van der Waals surface area contributed by atoms with E-state index in [9.17, 15) is 4.79 Å². The second-order valence-corrected chi connectivity index (χ2v) is 3.94. The molecule has 0 aliphatic rings. The minimum atomic E-state index is -0.350. The second-order valence-electron chi connectivity index (χ2n) is 3.43. The Labute approximate surface area is 104 Å². The molecular formula is C12H11NO3S. The summed E-state index contributed by atoms with van der Waals surface area (Å²) in [5, 5.41) is 11.5. The van der Waals surface area contributed by atoms with Crippen molar-refractivity contribution in [3.05, 3.63) is 47.9 Å².